The highest BCUT2D eigenvalue weighted by molar-refractivity contribution is 5.84. The van der Waals surface area contributed by atoms with E-state index in [1.807, 2.05) is 30.3 Å². The minimum Gasteiger partial charge on any atom is -0.488 e. The van der Waals surface area contributed by atoms with Gasteiger partial charge in [0.25, 0.3) is 5.56 Å². The minimum absolute atomic E-state index is 0.193. The molecule has 3 rings (SSSR count). The number of hydrogen-bond acceptors (Lipinski definition) is 3. The molecule has 0 fully saturated rings. The molecule has 0 spiro atoms. The lowest BCUT2D eigenvalue weighted by Gasteiger charge is -2.08. The lowest BCUT2D eigenvalue weighted by molar-refractivity contribution is 0.308. The summed E-state index contributed by atoms with van der Waals surface area (Å²) < 4.78 is 19.1. The van der Waals surface area contributed by atoms with Crippen molar-refractivity contribution in [2.45, 2.75) is 6.61 Å². The summed E-state index contributed by atoms with van der Waals surface area (Å²) >= 11 is 0. The molecule has 4 nitrogen and oxygen atoms in total. The quantitative estimate of drug-likeness (QED) is 0.796. The molecule has 0 unspecified atom stereocenters. The van der Waals surface area contributed by atoms with E-state index < -0.39 is 5.82 Å². The molecule has 5 heteroatoms. The van der Waals surface area contributed by atoms with Gasteiger partial charge in [-0.25, -0.2) is 9.37 Å². The third kappa shape index (κ3) is 2.38. The predicted octanol–water partition coefficient (Wildman–Crippen LogP) is 2.64. The zero-order valence-corrected chi connectivity index (χ0v) is 10.5. The Hall–Kier alpha value is -2.69. The number of rotatable bonds is 3. The fraction of sp³-hybridized carbons (Fsp3) is 0.0667. The predicted molar refractivity (Wildman–Crippen MR) is 73.1 cm³/mol. The van der Waals surface area contributed by atoms with E-state index in [0.29, 0.717) is 0 Å². The number of benzene rings is 2. The standard InChI is InChI=1S/C15H11FN2O2/c16-11-6-12-14(15(19)18-9-17-12)13(7-11)20-8-10-4-2-1-3-5-10/h1-7,9H,8H2,(H,17,18,19). The molecule has 1 N–H and O–H groups in total. The van der Waals surface area contributed by atoms with E-state index in [-0.39, 0.29) is 28.8 Å². The van der Waals surface area contributed by atoms with Crippen molar-refractivity contribution in [3.05, 3.63) is 70.5 Å². The number of aromatic amines is 1. The van der Waals surface area contributed by atoms with Crippen molar-refractivity contribution in [3.8, 4) is 5.75 Å². The van der Waals surface area contributed by atoms with Gasteiger partial charge in [0.2, 0.25) is 0 Å². The molecule has 2 aromatic carbocycles. The van der Waals surface area contributed by atoms with Gasteiger partial charge in [-0.15, -0.1) is 0 Å². The van der Waals surface area contributed by atoms with Crippen LogP contribution in [-0.2, 0) is 6.61 Å². The van der Waals surface area contributed by atoms with Gasteiger partial charge in [-0.1, -0.05) is 30.3 Å². The van der Waals surface area contributed by atoms with Gasteiger partial charge in [-0.3, -0.25) is 4.79 Å². The van der Waals surface area contributed by atoms with Crippen molar-refractivity contribution in [3.63, 3.8) is 0 Å². The van der Waals surface area contributed by atoms with E-state index in [1.54, 1.807) is 0 Å². The van der Waals surface area contributed by atoms with E-state index >= 15 is 0 Å². The first kappa shape index (κ1) is 12.3. The van der Waals surface area contributed by atoms with Crippen LogP contribution in [0.5, 0.6) is 5.75 Å². The molecule has 0 amide bonds. The third-order valence-corrected chi connectivity index (χ3v) is 2.91. The van der Waals surface area contributed by atoms with Crippen LogP contribution in [0.1, 0.15) is 5.56 Å². The summed E-state index contributed by atoms with van der Waals surface area (Å²) in [6, 6.07) is 11.9. The van der Waals surface area contributed by atoms with Gasteiger partial charge in [-0.2, -0.15) is 0 Å². The molecule has 0 aliphatic rings. The number of aromatic nitrogens is 2. The summed E-state index contributed by atoms with van der Waals surface area (Å²) in [5.41, 5.74) is 0.861. The van der Waals surface area contributed by atoms with Crippen LogP contribution >= 0.6 is 0 Å². The highest BCUT2D eigenvalue weighted by Gasteiger charge is 2.10. The second-order valence-electron chi connectivity index (χ2n) is 4.30. The molecule has 1 heterocycles. The Morgan fingerprint density at radius 3 is 2.80 bits per heavy atom. The van der Waals surface area contributed by atoms with Crippen LogP contribution in [0.2, 0.25) is 0 Å². The first-order chi connectivity index (χ1) is 9.74. The van der Waals surface area contributed by atoms with Crippen LogP contribution in [0.25, 0.3) is 10.9 Å². The van der Waals surface area contributed by atoms with Gasteiger partial charge in [0.05, 0.1) is 11.8 Å². The van der Waals surface area contributed by atoms with E-state index in [0.717, 1.165) is 5.56 Å². The fourth-order valence-electron chi connectivity index (χ4n) is 1.98. The number of H-pyrrole nitrogens is 1. The van der Waals surface area contributed by atoms with Crippen LogP contribution < -0.4 is 10.3 Å². The van der Waals surface area contributed by atoms with Crippen molar-refractivity contribution in [2.75, 3.05) is 0 Å². The molecule has 0 bridgehead atoms. The highest BCUT2D eigenvalue weighted by atomic mass is 19.1. The van der Waals surface area contributed by atoms with Gasteiger partial charge >= 0.3 is 0 Å². The van der Waals surface area contributed by atoms with E-state index in [2.05, 4.69) is 9.97 Å². The maximum atomic E-state index is 13.5. The zero-order valence-electron chi connectivity index (χ0n) is 10.5. The lowest BCUT2D eigenvalue weighted by atomic mass is 10.2. The normalized spacial score (nSPS) is 10.7. The van der Waals surface area contributed by atoms with Gasteiger partial charge in [-0.05, 0) is 5.56 Å². The van der Waals surface area contributed by atoms with Crippen molar-refractivity contribution in [2.24, 2.45) is 0 Å². The van der Waals surface area contributed by atoms with Gasteiger partial charge in [0.15, 0.2) is 0 Å². The number of nitrogens with zero attached hydrogens (tertiary/aromatic N) is 1. The summed E-state index contributed by atoms with van der Waals surface area (Å²) in [5.74, 6) is -0.295. The largest absolute Gasteiger partial charge is 0.488 e. The average molecular weight is 270 g/mol. The summed E-state index contributed by atoms with van der Waals surface area (Å²) in [6.07, 6.45) is 1.24. The van der Waals surface area contributed by atoms with Gasteiger partial charge in [0.1, 0.15) is 23.6 Å². The number of hydrogen-bond donors (Lipinski definition) is 1. The molecule has 0 aliphatic heterocycles. The summed E-state index contributed by atoms with van der Waals surface area (Å²) in [5, 5.41) is 0.254. The molecule has 20 heavy (non-hydrogen) atoms. The summed E-state index contributed by atoms with van der Waals surface area (Å²) in [4.78, 5) is 18.2. The molecule has 100 valence electrons. The number of fused-ring (bicyclic) bond motifs is 1. The Balaban J connectivity index is 2.01. The molecule has 0 saturated heterocycles. The lowest BCUT2D eigenvalue weighted by Crippen LogP contribution is -2.09. The van der Waals surface area contributed by atoms with Crippen molar-refractivity contribution in [1.29, 1.82) is 0 Å². The van der Waals surface area contributed by atoms with Crippen LogP contribution in [0, 0.1) is 5.82 Å². The second kappa shape index (κ2) is 5.13. The molecular weight excluding hydrogens is 259 g/mol. The van der Waals surface area contributed by atoms with Crippen LogP contribution in [-0.4, -0.2) is 9.97 Å². The third-order valence-electron chi connectivity index (χ3n) is 2.91. The van der Waals surface area contributed by atoms with Gasteiger partial charge < -0.3 is 9.72 Å². The maximum Gasteiger partial charge on any atom is 0.262 e. The molecular formula is C15H11FN2O2. The highest BCUT2D eigenvalue weighted by Crippen LogP contribution is 2.23. The molecule has 0 atom stereocenters. The monoisotopic (exact) mass is 270 g/mol. The van der Waals surface area contributed by atoms with Crippen molar-refractivity contribution in [1.82, 2.24) is 9.97 Å². The minimum atomic E-state index is -0.487. The zero-order chi connectivity index (χ0) is 13.9. The number of halogens is 1. The van der Waals surface area contributed by atoms with E-state index in [9.17, 15) is 9.18 Å². The van der Waals surface area contributed by atoms with E-state index in [4.69, 9.17) is 4.74 Å². The summed E-state index contributed by atoms with van der Waals surface area (Å²) in [7, 11) is 0. The van der Waals surface area contributed by atoms with Crippen LogP contribution in [0.15, 0.2) is 53.6 Å². The maximum absolute atomic E-state index is 13.5. The molecule has 0 saturated carbocycles. The fourth-order valence-corrected chi connectivity index (χ4v) is 1.98. The van der Waals surface area contributed by atoms with Crippen molar-refractivity contribution >= 4 is 10.9 Å². The number of nitrogens with one attached hydrogen (secondary N) is 1. The Labute approximate surface area is 113 Å². The Morgan fingerprint density at radius 2 is 2.00 bits per heavy atom. The first-order valence-corrected chi connectivity index (χ1v) is 6.08. The smallest absolute Gasteiger partial charge is 0.262 e. The Kier molecular flexibility index (Phi) is 3.16. The van der Waals surface area contributed by atoms with Crippen LogP contribution in [0.4, 0.5) is 4.39 Å². The molecule has 3 aromatic rings. The number of ether oxygens (including phenoxy) is 1. The second-order valence-corrected chi connectivity index (χ2v) is 4.30. The van der Waals surface area contributed by atoms with Gasteiger partial charge in [0, 0.05) is 12.1 Å². The SMILES string of the molecule is O=c1[nH]cnc2cc(F)cc(OCc3ccccc3)c12. The molecule has 1 aromatic heterocycles. The Morgan fingerprint density at radius 1 is 1.20 bits per heavy atom. The first-order valence-electron chi connectivity index (χ1n) is 6.08. The van der Waals surface area contributed by atoms with E-state index in [1.165, 1.54) is 18.5 Å². The molecule has 0 aliphatic carbocycles. The summed E-state index contributed by atoms with van der Waals surface area (Å²) in [6.45, 7) is 0.258. The molecule has 0 radical (unpaired) electrons. The topological polar surface area (TPSA) is 55.0 Å². The van der Waals surface area contributed by atoms with Crippen LogP contribution in [0.3, 0.4) is 0 Å². The Bertz CT molecular complexity index is 800. The average Bonchev–Trinajstić information content (AvgIpc) is 2.45. The van der Waals surface area contributed by atoms with Crippen molar-refractivity contribution < 1.29 is 9.13 Å².